The van der Waals surface area contributed by atoms with E-state index in [0.717, 1.165) is 4.90 Å². The summed E-state index contributed by atoms with van der Waals surface area (Å²) in [5.41, 5.74) is 0.522. The fourth-order valence-corrected chi connectivity index (χ4v) is 3.53. The van der Waals surface area contributed by atoms with Crippen molar-refractivity contribution in [1.29, 1.82) is 0 Å². The Kier molecular flexibility index (Phi) is 6.18. The smallest absolute Gasteiger partial charge is 0.294 e. The molecule has 3 rings (SSSR count). The molecular weight excluding hydrogens is 399 g/mol. The lowest BCUT2D eigenvalue weighted by molar-refractivity contribution is -0.127. The van der Waals surface area contributed by atoms with Crippen LogP contribution in [0.15, 0.2) is 47.4 Å². The number of ether oxygens (including phenoxy) is 2. The maximum Gasteiger partial charge on any atom is 0.294 e. The van der Waals surface area contributed by atoms with Crippen molar-refractivity contribution in [3.63, 3.8) is 0 Å². The van der Waals surface area contributed by atoms with E-state index in [9.17, 15) is 18.8 Å². The highest BCUT2D eigenvalue weighted by Crippen LogP contribution is 2.37. The molecule has 1 heterocycles. The average Bonchev–Trinajstić information content (AvgIpc) is 2.96. The monoisotopic (exact) mass is 416 g/mol. The van der Waals surface area contributed by atoms with E-state index in [-0.39, 0.29) is 10.6 Å². The quantitative estimate of drug-likeness (QED) is 0.726. The van der Waals surface area contributed by atoms with Crippen LogP contribution in [0.25, 0.3) is 6.08 Å². The van der Waals surface area contributed by atoms with Gasteiger partial charge < -0.3 is 14.8 Å². The predicted octanol–water partition coefficient (Wildman–Crippen LogP) is 3.52. The third-order valence-electron chi connectivity index (χ3n) is 4.04. The molecule has 0 radical (unpaired) electrons. The number of rotatable bonds is 6. The summed E-state index contributed by atoms with van der Waals surface area (Å²) in [6, 6.07) is 10.8. The number of nitrogens with one attached hydrogen (secondary N) is 1. The van der Waals surface area contributed by atoms with Gasteiger partial charge in [0, 0.05) is 5.56 Å². The van der Waals surface area contributed by atoms with E-state index in [0.29, 0.717) is 28.8 Å². The van der Waals surface area contributed by atoms with Crippen molar-refractivity contribution in [1.82, 2.24) is 4.90 Å². The molecule has 9 heteroatoms. The van der Waals surface area contributed by atoms with Gasteiger partial charge in [0.15, 0.2) is 11.5 Å². The Labute approximate surface area is 170 Å². The Morgan fingerprint density at radius 1 is 1.14 bits per heavy atom. The first-order valence-corrected chi connectivity index (χ1v) is 9.27. The predicted molar refractivity (Wildman–Crippen MR) is 107 cm³/mol. The molecule has 0 aliphatic carbocycles. The van der Waals surface area contributed by atoms with Gasteiger partial charge in [-0.3, -0.25) is 19.3 Å². The average molecular weight is 416 g/mol. The molecular formula is C20H17FN2O5S. The van der Waals surface area contributed by atoms with Crippen molar-refractivity contribution < 1.29 is 28.2 Å². The minimum Gasteiger partial charge on any atom is -0.493 e. The Hall–Kier alpha value is -3.33. The van der Waals surface area contributed by atoms with Gasteiger partial charge in [0.25, 0.3) is 11.1 Å². The molecule has 2 aromatic rings. The van der Waals surface area contributed by atoms with E-state index < -0.39 is 29.4 Å². The lowest BCUT2D eigenvalue weighted by atomic mass is 10.1. The summed E-state index contributed by atoms with van der Waals surface area (Å²) in [4.78, 5) is 38.0. The van der Waals surface area contributed by atoms with Gasteiger partial charge in [-0.1, -0.05) is 24.3 Å². The van der Waals surface area contributed by atoms with Crippen LogP contribution in [0.1, 0.15) is 5.56 Å². The molecule has 1 aliphatic heterocycles. The topological polar surface area (TPSA) is 84.9 Å². The number of para-hydroxylation sites is 2. The number of carbonyl (C=O) groups excluding carboxylic acids is 3. The molecule has 29 heavy (non-hydrogen) atoms. The van der Waals surface area contributed by atoms with Crippen LogP contribution in [0.4, 0.5) is 14.9 Å². The number of hydrogen-bond donors (Lipinski definition) is 1. The van der Waals surface area contributed by atoms with E-state index in [1.165, 1.54) is 38.5 Å². The SMILES string of the molecule is COc1cccc(/C=C2/SC(=O)N(CC(=O)Nc3ccccc3F)C2=O)c1OC. The standard InChI is InChI=1S/C20H17FN2O5S/c1-27-15-9-5-6-12(18(15)28-2)10-16-19(25)23(20(26)29-16)11-17(24)22-14-8-4-3-7-13(14)21/h3-10H,11H2,1-2H3,(H,22,24)/b16-10+. The second-order valence-corrected chi connectivity index (χ2v) is 6.87. The second-order valence-electron chi connectivity index (χ2n) is 5.88. The number of carbonyl (C=O) groups is 3. The maximum absolute atomic E-state index is 13.7. The Morgan fingerprint density at radius 3 is 2.59 bits per heavy atom. The highest BCUT2D eigenvalue weighted by Gasteiger charge is 2.36. The van der Waals surface area contributed by atoms with Crippen molar-refractivity contribution >= 4 is 40.6 Å². The van der Waals surface area contributed by atoms with Gasteiger partial charge in [0.05, 0.1) is 24.8 Å². The molecule has 0 atom stereocenters. The normalized spacial score (nSPS) is 15.0. The largest absolute Gasteiger partial charge is 0.493 e. The minimum absolute atomic E-state index is 0.0267. The summed E-state index contributed by atoms with van der Waals surface area (Å²) >= 11 is 0.709. The summed E-state index contributed by atoms with van der Waals surface area (Å²) in [6.45, 7) is -0.522. The second kappa shape index (κ2) is 8.78. The molecule has 1 aliphatic rings. The number of anilines is 1. The number of thioether (sulfide) groups is 1. The first-order valence-electron chi connectivity index (χ1n) is 8.45. The Morgan fingerprint density at radius 2 is 1.90 bits per heavy atom. The summed E-state index contributed by atoms with van der Waals surface area (Å²) in [5, 5.41) is 1.76. The van der Waals surface area contributed by atoms with Crippen LogP contribution in [-0.2, 0) is 9.59 Å². The van der Waals surface area contributed by atoms with E-state index in [2.05, 4.69) is 5.32 Å². The fraction of sp³-hybridized carbons (Fsp3) is 0.150. The van der Waals surface area contributed by atoms with E-state index >= 15 is 0 Å². The van der Waals surface area contributed by atoms with Crippen molar-refractivity contribution in [2.24, 2.45) is 0 Å². The van der Waals surface area contributed by atoms with Gasteiger partial charge in [0.1, 0.15) is 12.4 Å². The van der Waals surface area contributed by atoms with Gasteiger partial charge in [-0.2, -0.15) is 0 Å². The van der Waals surface area contributed by atoms with Crippen molar-refractivity contribution in [3.05, 3.63) is 58.8 Å². The lowest BCUT2D eigenvalue weighted by Gasteiger charge is -2.13. The zero-order valence-electron chi connectivity index (χ0n) is 15.6. The molecule has 1 N–H and O–H groups in total. The van der Waals surface area contributed by atoms with Crippen molar-refractivity contribution in [2.75, 3.05) is 26.1 Å². The number of amides is 3. The first kappa shape index (κ1) is 20.4. The molecule has 0 saturated carbocycles. The number of halogens is 1. The van der Waals surface area contributed by atoms with Crippen LogP contribution in [-0.4, -0.2) is 42.7 Å². The summed E-state index contributed by atoms with van der Waals surface area (Å²) in [7, 11) is 2.96. The zero-order chi connectivity index (χ0) is 21.0. The molecule has 7 nitrogen and oxygen atoms in total. The highest BCUT2D eigenvalue weighted by atomic mass is 32.2. The van der Waals surface area contributed by atoms with E-state index in [1.54, 1.807) is 24.3 Å². The Balaban J connectivity index is 1.77. The third-order valence-corrected chi connectivity index (χ3v) is 4.95. The van der Waals surface area contributed by atoms with E-state index in [4.69, 9.17) is 9.47 Å². The fourth-order valence-electron chi connectivity index (χ4n) is 2.70. The van der Waals surface area contributed by atoms with Crippen molar-refractivity contribution in [3.8, 4) is 11.5 Å². The molecule has 150 valence electrons. The minimum atomic E-state index is -0.683. The molecule has 3 amide bonds. The highest BCUT2D eigenvalue weighted by molar-refractivity contribution is 8.18. The van der Waals surface area contributed by atoms with Gasteiger partial charge in [-0.25, -0.2) is 4.39 Å². The van der Waals surface area contributed by atoms with Gasteiger partial charge in [-0.05, 0) is 36.0 Å². The first-order chi connectivity index (χ1) is 13.9. The number of hydrogen-bond acceptors (Lipinski definition) is 6. The Bertz CT molecular complexity index is 1010. The molecule has 1 saturated heterocycles. The number of benzene rings is 2. The molecule has 1 fully saturated rings. The zero-order valence-corrected chi connectivity index (χ0v) is 16.4. The van der Waals surface area contributed by atoms with Crippen LogP contribution in [0.2, 0.25) is 0 Å². The number of methoxy groups -OCH3 is 2. The maximum atomic E-state index is 13.7. The third kappa shape index (κ3) is 4.40. The van der Waals surface area contributed by atoms with Crippen LogP contribution >= 0.6 is 11.8 Å². The van der Waals surface area contributed by atoms with Crippen LogP contribution in [0.5, 0.6) is 11.5 Å². The van der Waals surface area contributed by atoms with Gasteiger partial charge >= 0.3 is 0 Å². The van der Waals surface area contributed by atoms with Gasteiger partial charge in [0.2, 0.25) is 5.91 Å². The van der Waals surface area contributed by atoms with Crippen LogP contribution < -0.4 is 14.8 Å². The summed E-state index contributed by atoms with van der Waals surface area (Å²) in [5.74, 6) is -1.02. The molecule has 0 aromatic heterocycles. The van der Waals surface area contributed by atoms with Gasteiger partial charge in [-0.15, -0.1) is 0 Å². The number of nitrogens with zero attached hydrogens (tertiary/aromatic N) is 1. The summed E-state index contributed by atoms with van der Waals surface area (Å²) in [6.07, 6.45) is 1.50. The van der Waals surface area contributed by atoms with Crippen LogP contribution in [0, 0.1) is 5.82 Å². The summed E-state index contributed by atoms with van der Waals surface area (Å²) < 4.78 is 24.2. The van der Waals surface area contributed by atoms with E-state index in [1.807, 2.05) is 0 Å². The van der Waals surface area contributed by atoms with Crippen molar-refractivity contribution in [2.45, 2.75) is 0 Å². The van der Waals surface area contributed by atoms with Crippen LogP contribution in [0.3, 0.4) is 0 Å². The molecule has 0 spiro atoms. The number of imide groups is 1. The molecule has 0 unspecified atom stereocenters. The molecule has 2 aromatic carbocycles. The molecule has 0 bridgehead atoms. The lowest BCUT2D eigenvalue weighted by Crippen LogP contribution is -2.36.